The van der Waals surface area contributed by atoms with E-state index >= 15 is 0 Å². The molecule has 59 heavy (non-hydrogen) atoms. The highest BCUT2D eigenvalue weighted by atomic mass is 15.3. The van der Waals surface area contributed by atoms with Crippen molar-refractivity contribution in [1.82, 2.24) is 24.1 Å². The van der Waals surface area contributed by atoms with Crippen LogP contribution in [0.4, 0.5) is 0 Å². The van der Waals surface area contributed by atoms with E-state index in [2.05, 4.69) is 56.3 Å². The first-order chi connectivity index (χ1) is 35.6. The Kier molecular flexibility index (Phi) is 4.56. The maximum Gasteiger partial charge on any atom is 0.240 e. The molecule has 0 aliphatic heterocycles. The zero-order chi connectivity index (χ0) is 53.2. The summed E-state index contributed by atoms with van der Waals surface area (Å²) < 4.78 is 145. The van der Waals surface area contributed by atoms with E-state index < -0.39 is 109 Å². The molecule has 0 bridgehead atoms. The number of fused-ring (bicyclic) bond motifs is 9. The van der Waals surface area contributed by atoms with E-state index in [1.54, 1.807) is 18.2 Å². The Labute approximate surface area is 364 Å². The third-order valence-electron chi connectivity index (χ3n) is 11.3. The predicted octanol–water partition coefficient (Wildman–Crippen LogP) is 13.4. The van der Waals surface area contributed by atoms with Gasteiger partial charge in [0.15, 0.2) is 5.82 Å². The van der Waals surface area contributed by atoms with Crippen molar-refractivity contribution >= 4 is 43.6 Å². The standard InChI is InChI=1S/C54H37N5/c1-54(2)45-24-8-3-19-39(45)40-30-29-37(33-46(40)54)35-16-13-15-34(31-35)36-17-14-18-38(32-36)51-55-52(58-47-25-9-4-20-41(47)42-21-5-10-26-48(42)58)57-53(56-51)59-49-27-11-6-22-43(49)44-23-7-12-28-50(44)59/h3-33H,1-2H3/i4D,5D,6D,7D,9D,10D,11D,12D,20D,21D,22D,23D,25D,26D,27D,28D. The van der Waals surface area contributed by atoms with Crippen LogP contribution < -0.4 is 0 Å². The second kappa shape index (κ2) is 12.7. The van der Waals surface area contributed by atoms with Crippen molar-refractivity contribution in [3.8, 4) is 56.7 Å². The van der Waals surface area contributed by atoms with Crippen LogP contribution in [0.5, 0.6) is 0 Å². The number of nitrogens with zero attached hydrogens (tertiary/aromatic N) is 5. The molecule has 3 heterocycles. The molecule has 3 aromatic heterocycles. The zero-order valence-electron chi connectivity index (χ0n) is 47.4. The van der Waals surface area contributed by atoms with Crippen molar-refractivity contribution in [2.24, 2.45) is 0 Å². The predicted molar refractivity (Wildman–Crippen MR) is 242 cm³/mol. The third-order valence-corrected chi connectivity index (χ3v) is 11.3. The topological polar surface area (TPSA) is 48.5 Å². The first-order valence-electron chi connectivity index (χ1n) is 26.9. The third kappa shape index (κ3) is 5.08. The highest BCUT2D eigenvalue weighted by Crippen LogP contribution is 2.49. The van der Waals surface area contributed by atoms with E-state index in [1.165, 1.54) is 22.3 Å². The molecular weight excluding hydrogens is 719 g/mol. The van der Waals surface area contributed by atoms with Crippen LogP contribution in [0.15, 0.2) is 188 Å². The fourth-order valence-corrected chi connectivity index (χ4v) is 8.52. The second-order valence-electron chi connectivity index (χ2n) is 14.9. The van der Waals surface area contributed by atoms with Gasteiger partial charge >= 0.3 is 0 Å². The lowest BCUT2D eigenvalue weighted by Gasteiger charge is -2.22. The number of rotatable bonds is 5. The Hall–Kier alpha value is -7.63. The van der Waals surface area contributed by atoms with Crippen molar-refractivity contribution in [1.29, 1.82) is 0 Å². The van der Waals surface area contributed by atoms with E-state index in [0.717, 1.165) is 25.8 Å². The summed E-state index contributed by atoms with van der Waals surface area (Å²) in [6, 6.07) is 19.6. The van der Waals surface area contributed by atoms with Gasteiger partial charge in [-0.25, -0.2) is 0 Å². The number of para-hydroxylation sites is 4. The molecule has 12 rings (SSSR count). The molecule has 5 nitrogen and oxygen atoms in total. The van der Waals surface area contributed by atoms with Gasteiger partial charge in [-0.05, 0) is 86.9 Å². The highest BCUT2D eigenvalue weighted by molar-refractivity contribution is 6.10. The van der Waals surface area contributed by atoms with Crippen LogP contribution in [0.1, 0.15) is 46.9 Å². The Morgan fingerprint density at radius 2 is 0.831 bits per heavy atom. The summed E-state index contributed by atoms with van der Waals surface area (Å²) in [5.41, 5.74) is 7.13. The number of benzene rings is 8. The Bertz CT molecular complexity index is 4090. The summed E-state index contributed by atoms with van der Waals surface area (Å²) in [5, 5.41) is -1.04. The summed E-state index contributed by atoms with van der Waals surface area (Å²) in [7, 11) is 0. The van der Waals surface area contributed by atoms with Gasteiger partial charge in [-0.15, -0.1) is 0 Å². The van der Waals surface area contributed by atoms with Crippen LogP contribution in [-0.4, -0.2) is 24.1 Å². The molecule has 0 unspecified atom stereocenters. The molecule has 0 spiro atoms. The summed E-state index contributed by atoms with van der Waals surface area (Å²) in [5.74, 6) is -1.06. The Morgan fingerprint density at radius 1 is 0.407 bits per heavy atom. The maximum atomic E-state index is 9.23. The van der Waals surface area contributed by atoms with Crippen molar-refractivity contribution in [2.75, 3.05) is 0 Å². The highest BCUT2D eigenvalue weighted by Gasteiger charge is 2.35. The van der Waals surface area contributed by atoms with E-state index in [1.807, 2.05) is 30.3 Å². The average molecular weight is 772 g/mol. The van der Waals surface area contributed by atoms with Gasteiger partial charge < -0.3 is 0 Å². The number of hydrogen-bond acceptors (Lipinski definition) is 3. The maximum absolute atomic E-state index is 9.23. The Balaban J connectivity index is 1.15. The summed E-state index contributed by atoms with van der Waals surface area (Å²) >= 11 is 0. The fourth-order valence-electron chi connectivity index (χ4n) is 8.52. The van der Waals surface area contributed by atoms with Crippen LogP contribution >= 0.6 is 0 Å². The van der Waals surface area contributed by atoms with Gasteiger partial charge in [0.25, 0.3) is 0 Å². The van der Waals surface area contributed by atoms with Gasteiger partial charge in [0.2, 0.25) is 11.9 Å². The monoisotopic (exact) mass is 771 g/mol. The summed E-state index contributed by atoms with van der Waals surface area (Å²) in [4.78, 5) is 14.6. The van der Waals surface area contributed by atoms with E-state index in [4.69, 9.17) is 31.4 Å². The molecule has 8 aromatic carbocycles. The van der Waals surface area contributed by atoms with Gasteiger partial charge in [0.1, 0.15) is 0 Å². The number of aromatic nitrogens is 5. The van der Waals surface area contributed by atoms with Gasteiger partial charge in [0, 0.05) is 32.5 Å². The van der Waals surface area contributed by atoms with E-state index in [9.17, 15) is 5.48 Å². The Morgan fingerprint density at radius 3 is 1.36 bits per heavy atom. The lowest BCUT2D eigenvalue weighted by molar-refractivity contribution is 0.660. The normalized spacial score (nSPS) is 16.8. The van der Waals surface area contributed by atoms with E-state index in [-0.39, 0.29) is 54.9 Å². The molecule has 1 aliphatic rings. The average Bonchev–Trinajstić information content (AvgIpc) is 4.08. The molecule has 0 radical (unpaired) electrons. The molecule has 0 atom stereocenters. The van der Waals surface area contributed by atoms with Crippen molar-refractivity contribution in [3.05, 3.63) is 199 Å². The second-order valence-corrected chi connectivity index (χ2v) is 14.9. The SMILES string of the molecule is [2H]c1c([2H])c([2H])c2c(c1[2H])c1c([2H])c([2H])c([2H])c([2H])c1n2-c1nc(-c2cccc(-c3cccc(-c4ccc5c(c4)C(C)(C)c4ccccc4-5)c3)c2)nc(-n2c3c([2H])c([2H])c([2H])c([2H])c3c3c([2H])c([2H])c([2H])c([2H])c32)n1. The van der Waals surface area contributed by atoms with Crippen LogP contribution in [0.25, 0.3) is 100 Å². The first kappa shape index (κ1) is 21.2. The molecule has 0 fully saturated rings. The van der Waals surface area contributed by atoms with Crippen LogP contribution in [-0.2, 0) is 5.41 Å². The largest absolute Gasteiger partial charge is 0.278 e. The summed E-state index contributed by atoms with van der Waals surface area (Å²) in [6.45, 7) is 4.44. The smallest absolute Gasteiger partial charge is 0.240 e. The van der Waals surface area contributed by atoms with Crippen LogP contribution in [0, 0.1) is 0 Å². The minimum Gasteiger partial charge on any atom is -0.278 e. The molecule has 278 valence electrons. The van der Waals surface area contributed by atoms with Crippen LogP contribution in [0.3, 0.4) is 0 Å². The van der Waals surface area contributed by atoms with Crippen molar-refractivity contribution in [3.63, 3.8) is 0 Å². The zero-order valence-corrected chi connectivity index (χ0v) is 31.4. The molecule has 0 saturated heterocycles. The molecule has 0 amide bonds. The van der Waals surface area contributed by atoms with Crippen LogP contribution in [0.2, 0.25) is 0 Å². The van der Waals surface area contributed by atoms with E-state index in [0.29, 0.717) is 11.1 Å². The lowest BCUT2D eigenvalue weighted by atomic mass is 9.81. The molecule has 0 saturated carbocycles. The van der Waals surface area contributed by atoms with Gasteiger partial charge in [-0.3, -0.25) is 9.13 Å². The molecule has 11 aromatic rings. The van der Waals surface area contributed by atoms with Gasteiger partial charge in [-0.1, -0.05) is 159 Å². The van der Waals surface area contributed by atoms with Gasteiger partial charge in [0.05, 0.1) is 44.0 Å². The summed E-state index contributed by atoms with van der Waals surface area (Å²) in [6.07, 6.45) is 0. The lowest BCUT2D eigenvalue weighted by Crippen LogP contribution is -2.14. The van der Waals surface area contributed by atoms with Crippen molar-refractivity contribution < 1.29 is 21.9 Å². The molecule has 0 N–H and O–H groups in total. The first-order valence-corrected chi connectivity index (χ1v) is 18.9. The molecule has 5 heteroatoms. The van der Waals surface area contributed by atoms with Crippen molar-refractivity contribution in [2.45, 2.75) is 19.3 Å². The number of hydrogen-bond donors (Lipinski definition) is 0. The fraction of sp³-hybridized carbons (Fsp3) is 0.0556. The van der Waals surface area contributed by atoms with Gasteiger partial charge in [-0.2, -0.15) is 15.0 Å². The molecular formula is C54H37N5. The minimum absolute atomic E-state index is 0.137. The quantitative estimate of drug-likeness (QED) is 0.175. The minimum atomic E-state index is -0.695. The molecule has 1 aliphatic carbocycles.